The fourth-order valence-electron chi connectivity index (χ4n) is 2.37. The molecule has 0 bridgehead atoms. The fourth-order valence-corrected chi connectivity index (χ4v) is 2.37. The van der Waals surface area contributed by atoms with Crippen LogP contribution >= 0.6 is 12.4 Å². The Morgan fingerprint density at radius 3 is 2.41 bits per heavy atom. The Bertz CT molecular complexity index is 611. The van der Waals surface area contributed by atoms with Crippen LogP contribution in [0.3, 0.4) is 0 Å². The average molecular weight is 319 g/mol. The second kappa shape index (κ2) is 8.44. The van der Waals surface area contributed by atoms with Crippen molar-refractivity contribution in [3.63, 3.8) is 0 Å². The minimum absolute atomic E-state index is 0. The van der Waals surface area contributed by atoms with Gasteiger partial charge >= 0.3 is 0 Å². The molecule has 22 heavy (non-hydrogen) atoms. The van der Waals surface area contributed by atoms with Gasteiger partial charge < -0.3 is 11.1 Å². The van der Waals surface area contributed by atoms with Crippen LogP contribution in [0, 0.1) is 6.92 Å². The molecule has 2 aromatic carbocycles. The Morgan fingerprint density at radius 1 is 1.14 bits per heavy atom. The molecule has 0 aromatic heterocycles. The van der Waals surface area contributed by atoms with Crippen LogP contribution in [-0.4, -0.2) is 11.9 Å². The van der Waals surface area contributed by atoms with Crippen molar-refractivity contribution in [1.29, 1.82) is 0 Å². The van der Waals surface area contributed by atoms with Crippen LogP contribution in [0.2, 0.25) is 0 Å². The van der Waals surface area contributed by atoms with E-state index in [2.05, 4.69) is 24.4 Å². The fraction of sp³-hybridized carbons (Fsp3) is 0.278. The summed E-state index contributed by atoms with van der Waals surface area (Å²) in [5.41, 5.74) is 9.87. The van der Waals surface area contributed by atoms with Crippen LogP contribution in [0.15, 0.2) is 48.5 Å². The number of nitrogens with two attached hydrogens (primary N) is 1. The largest absolute Gasteiger partial charge is 0.399 e. The number of nitrogen functional groups attached to an aromatic ring is 1. The summed E-state index contributed by atoms with van der Waals surface area (Å²) in [4.78, 5) is 12.0. The van der Waals surface area contributed by atoms with Crippen molar-refractivity contribution >= 4 is 24.0 Å². The highest BCUT2D eigenvalue weighted by atomic mass is 35.5. The number of halogens is 1. The van der Waals surface area contributed by atoms with Crippen molar-refractivity contribution in [2.24, 2.45) is 0 Å². The number of carbonyl (C=O) groups excluding carboxylic acids is 1. The lowest BCUT2D eigenvalue weighted by atomic mass is 10.0. The Morgan fingerprint density at radius 2 is 1.77 bits per heavy atom. The van der Waals surface area contributed by atoms with Gasteiger partial charge in [-0.25, -0.2) is 0 Å². The molecule has 4 heteroatoms. The lowest BCUT2D eigenvalue weighted by Crippen LogP contribution is -2.35. The molecule has 1 amide bonds. The van der Waals surface area contributed by atoms with E-state index in [4.69, 9.17) is 5.73 Å². The molecule has 3 nitrogen and oxygen atoms in total. The molecule has 3 N–H and O–H groups in total. The summed E-state index contributed by atoms with van der Waals surface area (Å²) < 4.78 is 0. The van der Waals surface area contributed by atoms with E-state index in [0.29, 0.717) is 12.1 Å². The number of rotatable bonds is 5. The molecular formula is C18H23ClN2O. The van der Waals surface area contributed by atoms with Crippen molar-refractivity contribution in [3.05, 3.63) is 65.2 Å². The van der Waals surface area contributed by atoms with Gasteiger partial charge in [0, 0.05) is 11.7 Å². The first-order valence-electron chi connectivity index (χ1n) is 7.23. The van der Waals surface area contributed by atoms with Gasteiger partial charge in [0.15, 0.2) is 0 Å². The second-order valence-electron chi connectivity index (χ2n) is 5.52. The van der Waals surface area contributed by atoms with Crippen LogP contribution in [0.4, 0.5) is 5.69 Å². The van der Waals surface area contributed by atoms with Crippen molar-refractivity contribution in [2.45, 2.75) is 32.7 Å². The van der Waals surface area contributed by atoms with E-state index in [1.54, 1.807) is 0 Å². The second-order valence-corrected chi connectivity index (χ2v) is 5.52. The van der Waals surface area contributed by atoms with Crippen LogP contribution in [0.1, 0.15) is 23.6 Å². The summed E-state index contributed by atoms with van der Waals surface area (Å²) in [5, 5.41) is 3.05. The highest BCUT2D eigenvalue weighted by Crippen LogP contribution is 2.10. The van der Waals surface area contributed by atoms with Gasteiger partial charge in [-0.3, -0.25) is 4.79 Å². The topological polar surface area (TPSA) is 55.1 Å². The lowest BCUT2D eigenvalue weighted by Gasteiger charge is -2.15. The number of nitrogens with one attached hydrogen (secondary N) is 1. The highest BCUT2D eigenvalue weighted by molar-refractivity contribution is 5.85. The molecule has 0 aliphatic carbocycles. The summed E-state index contributed by atoms with van der Waals surface area (Å²) in [7, 11) is 0. The Balaban J connectivity index is 0.00000242. The molecule has 0 radical (unpaired) electrons. The number of benzene rings is 2. The molecule has 2 rings (SSSR count). The van der Waals surface area contributed by atoms with Gasteiger partial charge in [-0.05, 0) is 49.1 Å². The van der Waals surface area contributed by atoms with E-state index in [9.17, 15) is 4.79 Å². The molecule has 118 valence electrons. The third kappa shape index (κ3) is 5.41. The molecule has 0 saturated heterocycles. The maximum Gasteiger partial charge on any atom is 0.224 e. The number of carbonyl (C=O) groups is 1. The SMILES string of the molecule is Cc1ccccc1CC(C)NC(=O)Cc1ccc(N)cc1.Cl. The Hall–Kier alpha value is -2.00. The molecular weight excluding hydrogens is 296 g/mol. The molecule has 0 aliphatic rings. The standard InChI is InChI=1S/C18H22N2O.ClH/c1-13-5-3-4-6-16(13)11-14(2)20-18(21)12-15-7-9-17(19)10-8-15;/h3-10,14H,11-12,19H2,1-2H3,(H,20,21);1H. The lowest BCUT2D eigenvalue weighted by molar-refractivity contribution is -0.121. The van der Waals surface area contributed by atoms with E-state index >= 15 is 0 Å². The number of hydrogen-bond donors (Lipinski definition) is 2. The van der Waals surface area contributed by atoms with Crippen molar-refractivity contribution < 1.29 is 4.79 Å². The maximum absolute atomic E-state index is 12.0. The van der Waals surface area contributed by atoms with Crippen molar-refractivity contribution in [3.8, 4) is 0 Å². The molecule has 1 unspecified atom stereocenters. The summed E-state index contributed by atoms with van der Waals surface area (Å²) in [6, 6.07) is 15.8. The minimum atomic E-state index is 0. The highest BCUT2D eigenvalue weighted by Gasteiger charge is 2.10. The van der Waals surface area contributed by atoms with E-state index in [1.165, 1.54) is 11.1 Å². The number of hydrogen-bond acceptors (Lipinski definition) is 2. The molecule has 0 fully saturated rings. The van der Waals surface area contributed by atoms with Crippen LogP contribution in [-0.2, 0) is 17.6 Å². The zero-order valence-corrected chi connectivity index (χ0v) is 13.8. The van der Waals surface area contributed by atoms with Gasteiger partial charge in [-0.15, -0.1) is 12.4 Å². The van der Waals surface area contributed by atoms with Gasteiger partial charge in [-0.2, -0.15) is 0 Å². The van der Waals surface area contributed by atoms with E-state index < -0.39 is 0 Å². The van der Waals surface area contributed by atoms with Crippen LogP contribution < -0.4 is 11.1 Å². The van der Waals surface area contributed by atoms with Gasteiger partial charge in [0.1, 0.15) is 0 Å². The van der Waals surface area contributed by atoms with Gasteiger partial charge in [-0.1, -0.05) is 36.4 Å². The van der Waals surface area contributed by atoms with E-state index in [-0.39, 0.29) is 24.4 Å². The summed E-state index contributed by atoms with van der Waals surface area (Å²) in [5.74, 6) is 0.0425. The minimum Gasteiger partial charge on any atom is -0.399 e. The number of amides is 1. The zero-order valence-electron chi connectivity index (χ0n) is 13.0. The van der Waals surface area contributed by atoms with Crippen molar-refractivity contribution in [1.82, 2.24) is 5.32 Å². The smallest absolute Gasteiger partial charge is 0.224 e. The predicted octanol–water partition coefficient (Wildman–Crippen LogP) is 3.29. The summed E-state index contributed by atoms with van der Waals surface area (Å²) >= 11 is 0. The van der Waals surface area contributed by atoms with Crippen LogP contribution in [0.5, 0.6) is 0 Å². The zero-order chi connectivity index (χ0) is 15.2. The monoisotopic (exact) mass is 318 g/mol. The van der Waals surface area contributed by atoms with Gasteiger partial charge in [0.25, 0.3) is 0 Å². The molecule has 0 spiro atoms. The third-order valence-electron chi connectivity index (χ3n) is 3.54. The first kappa shape index (κ1) is 18.1. The number of anilines is 1. The van der Waals surface area contributed by atoms with E-state index in [0.717, 1.165) is 12.0 Å². The van der Waals surface area contributed by atoms with Crippen molar-refractivity contribution in [2.75, 3.05) is 5.73 Å². The van der Waals surface area contributed by atoms with Crippen LogP contribution in [0.25, 0.3) is 0 Å². The third-order valence-corrected chi connectivity index (χ3v) is 3.54. The average Bonchev–Trinajstić information content (AvgIpc) is 2.44. The molecule has 1 atom stereocenters. The maximum atomic E-state index is 12.0. The molecule has 2 aromatic rings. The molecule has 0 aliphatic heterocycles. The summed E-state index contributed by atoms with van der Waals surface area (Å²) in [6.45, 7) is 4.13. The van der Waals surface area contributed by atoms with E-state index in [1.807, 2.05) is 43.3 Å². The Kier molecular flexibility index (Phi) is 6.93. The normalized spacial score (nSPS) is 11.4. The Labute approximate surface area is 138 Å². The van der Waals surface area contributed by atoms with Gasteiger partial charge in [0.05, 0.1) is 6.42 Å². The summed E-state index contributed by atoms with van der Waals surface area (Å²) in [6.07, 6.45) is 1.23. The first-order chi connectivity index (χ1) is 10.0. The van der Waals surface area contributed by atoms with Gasteiger partial charge in [0.2, 0.25) is 5.91 Å². The first-order valence-corrected chi connectivity index (χ1v) is 7.23. The quantitative estimate of drug-likeness (QED) is 0.831. The predicted molar refractivity (Wildman–Crippen MR) is 94.3 cm³/mol. The molecule has 0 saturated carbocycles. The number of aryl methyl sites for hydroxylation is 1. The molecule has 0 heterocycles.